The van der Waals surface area contributed by atoms with E-state index in [-0.39, 0.29) is 16.7 Å². The van der Waals surface area contributed by atoms with Crippen molar-refractivity contribution in [3.05, 3.63) is 83.2 Å². The van der Waals surface area contributed by atoms with Crippen LogP contribution in [0.1, 0.15) is 12.5 Å². The Balaban J connectivity index is 1.68. The number of nitrogens with zero attached hydrogens (tertiary/aromatic N) is 5. The van der Waals surface area contributed by atoms with E-state index >= 15 is 0 Å². The van der Waals surface area contributed by atoms with Gasteiger partial charge >= 0.3 is 0 Å². The predicted molar refractivity (Wildman–Crippen MR) is 123 cm³/mol. The average molecular weight is 434 g/mol. The summed E-state index contributed by atoms with van der Waals surface area (Å²) >= 11 is 1.33. The quantitative estimate of drug-likeness (QED) is 0.330. The number of allylic oxidation sites excluding steroid dienone is 1. The smallest absolute Gasteiger partial charge is 0.263 e. The van der Waals surface area contributed by atoms with Crippen molar-refractivity contribution in [2.75, 3.05) is 7.05 Å². The fourth-order valence-corrected chi connectivity index (χ4v) is 4.53. The van der Waals surface area contributed by atoms with Crippen LogP contribution in [0.4, 0.5) is 0 Å². The third kappa shape index (κ3) is 3.98. The molecule has 0 fully saturated rings. The summed E-state index contributed by atoms with van der Waals surface area (Å²) in [5.74, 6) is 0.428. The van der Waals surface area contributed by atoms with Gasteiger partial charge in [0.25, 0.3) is 5.56 Å². The van der Waals surface area contributed by atoms with Crippen LogP contribution < -0.4 is 5.56 Å². The number of aromatic nitrogens is 4. The van der Waals surface area contributed by atoms with Crippen LogP contribution in [0, 0.1) is 0 Å². The van der Waals surface area contributed by atoms with Crippen LogP contribution in [-0.2, 0) is 17.9 Å². The molecule has 1 atom stereocenters. The minimum Gasteiger partial charge on any atom is -0.340 e. The normalized spacial score (nSPS) is 12.2. The number of benzene rings is 2. The topological polar surface area (TPSA) is 72.5 Å². The summed E-state index contributed by atoms with van der Waals surface area (Å²) in [7, 11) is 1.80. The Morgan fingerprint density at radius 1 is 1.16 bits per heavy atom. The number of rotatable bonds is 7. The van der Waals surface area contributed by atoms with Gasteiger partial charge in [-0.15, -0.1) is 16.8 Å². The van der Waals surface area contributed by atoms with Gasteiger partial charge in [-0.3, -0.25) is 18.6 Å². The average Bonchev–Trinajstić information content (AvgIpc) is 3.20. The highest BCUT2D eigenvalue weighted by Gasteiger charge is 2.23. The first-order valence-corrected chi connectivity index (χ1v) is 10.8. The zero-order valence-electron chi connectivity index (χ0n) is 17.4. The van der Waals surface area contributed by atoms with Crippen molar-refractivity contribution in [1.29, 1.82) is 0 Å². The summed E-state index contributed by atoms with van der Waals surface area (Å²) < 4.78 is 3.38. The molecule has 4 rings (SSSR count). The number of carbonyl (C=O) groups excluding carboxylic acids is 1. The SMILES string of the molecule is C=CCn1c(=O)c2ccccc2n2c(SC(C)C(=O)N(C)Cc3ccccc3)nnc12. The highest BCUT2D eigenvalue weighted by Crippen LogP contribution is 2.26. The number of hydrogen-bond acceptors (Lipinski definition) is 5. The van der Waals surface area contributed by atoms with Crippen LogP contribution in [0.5, 0.6) is 0 Å². The number of carbonyl (C=O) groups is 1. The van der Waals surface area contributed by atoms with E-state index in [0.29, 0.717) is 34.9 Å². The maximum Gasteiger partial charge on any atom is 0.263 e. The number of amides is 1. The van der Waals surface area contributed by atoms with Crippen LogP contribution in [0.15, 0.2) is 77.2 Å². The molecule has 1 unspecified atom stereocenters. The van der Waals surface area contributed by atoms with Gasteiger partial charge in [-0.2, -0.15) is 0 Å². The molecule has 0 aliphatic heterocycles. The molecule has 2 heterocycles. The Morgan fingerprint density at radius 2 is 1.87 bits per heavy atom. The largest absolute Gasteiger partial charge is 0.340 e. The van der Waals surface area contributed by atoms with Crippen molar-refractivity contribution in [2.45, 2.75) is 30.4 Å². The predicted octanol–water partition coefficient (Wildman–Crippen LogP) is 3.37. The van der Waals surface area contributed by atoms with E-state index in [1.54, 1.807) is 28.7 Å². The fourth-order valence-electron chi connectivity index (χ4n) is 3.56. The summed E-state index contributed by atoms with van der Waals surface area (Å²) in [6, 6.07) is 17.2. The molecule has 0 saturated heterocycles. The van der Waals surface area contributed by atoms with Gasteiger partial charge in [0.15, 0.2) is 5.16 Å². The van der Waals surface area contributed by atoms with E-state index in [1.807, 2.05) is 59.9 Å². The van der Waals surface area contributed by atoms with Gasteiger partial charge in [-0.05, 0) is 24.6 Å². The van der Waals surface area contributed by atoms with Crippen molar-refractivity contribution < 1.29 is 4.79 Å². The second-order valence-electron chi connectivity index (χ2n) is 7.28. The zero-order valence-corrected chi connectivity index (χ0v) is 18.2. The summed E-state index contributed by atoms with van der Waals surface area (Å²) in [5, 5.41) is 9.32. The molecule has 158 valence electrons. The second kappa shape index (κ2) is 8.77. The van der Waals surface area contributed by atoms with E-state index in [4.69, 9.17) is 0 Å². The monoisotopic (exact) mass is 433 g/mol. The van der Waals surface area contributed by atoms with E-state index in [1.165, 1.54) is 11.8 Å². The van der Waals surface area contributed by atoms with Gasteiger partial charge in [0, 0.05) is 20.1 Å². The lowest BCUT2D eigenvalue weighted by molar-refractivity contribution is -0.129. The highest BCUT2D eigenvalue weighted by molar-refractivity contribution is 8.00. The van der Waals surface area contributed by atoms with Gasteiger partial charge in [-0.25, -0.2) is 0 Å². The van der Waals surface area contributed by atoms with Gasteiger partial charge in [0.1, 0.15) is 0 Å². The van der Waals surface area contributed by atoms with E-state index < -0.39 is 0 Å². The van der Waals surface area contributed by atoms with Gasteiger partial charge < -0.3 is 4.90 Å². The summed E-state index contributed by atoms with van der Waals surface area (Å²) in [5.41, 5.74) is 1.65. The molecule has 4 aromatic rings. The first-order chi connectivity index (χ1) is 15.0. The molecule has 2 aromatic carbocycles. The first-order valence-electron chi connectivity index (χ1n) is 9.94. The Kier molecular flexibility index (Phi) is 5.90. The molecule has 0 radical (unpaired) electrons. The summed E-state index contributed by atoms with van der Waals surface area (Å²) in [4.78, 5) is 27.6. The highest BCUT2D eigenvalue weighted by atomic mass is 32.2. The van der Waals surface area contributed by atoms with Crippen molar-refractivity contribution in [3.8, 4) is 0 Å². The third-order valence-corrected chi connectivity index (χ3v) is 6.09. The number of thioether (sulfide) groups is 1. The molecule has 0 N–H and O–H groups in total. The molecule has 0 bridgehead atoms. The molecule has 0 aliphatic carbocycles. The standard InChI is InChI=1S/C23H23N5O2S/c1-4-14-27-21(30)18-12-8-9-13-19(18)28-22(27)24-25-23(28)31-16(2)20(29)26(3)15-17-10-6-5-7-11-17/h4-13,16H,1,14-15H2,2-3H3. The molecule has 31 heavy (non-hydrogen) atoms. The second-order valence-corrected chi connectivity index (χ2v) is 8.59. The number of para-hydroxylation sites is 1. The maximum atomic E-state index is 13.0. The van der Waals surface area contributed by atoms with Crippen molar-refractivity contribution >= 4 is 34.3 Å². The zero-order chi connectivity index (χ0) is 22.0. The van der Waals surface area contributed by atoms with E-state index in [2.05, 4.69) is 16.8 Å². The van der Waals surface area contributed by atoms with Crippen LogP contribution >= 0.6 is 11.8 Å². The van der Waals surface area contributed by atoms with Crippen molar-refractivity contribution in [2.24, 2.45) is 0 Å². The van der Waals surface area contributed by atoms with Crippen LogP contribution in [-0.4, -0.2) is 42.3 Å². The molecule has 2 aromatic heterocycles. The summed E-state index contributed by atoms with van der Waals surface area (Å²) in [6.45, 7) is 6.46. The molecule has 0 saturated carbocycles. The summed E-state index contributed by atoms with van der Waals surface area (Å²) in [6.07, 6.45) is 1.66. The lowest BCUT2D eigenvalue weighted by Gasteiger charge is -2.21. The van der Waals surface area contributed by atoms with Crippen LogP contribution in [0.3, 0.4) is 0 Å². The third-order valence-electron chi connectivity index (χ3n) is 5.06. The molecular formula is C23H23N5O2S. The molecule has 1 amide bonds. The minimum absolute atomic E-state index is 0.00526. The molecule has 8 heteroatoms. The van der Waals surface area contributed by atoms with E-state index in [9.17, 15) is 9.59 Å². The number of fused-ring (bicyclic) bond motifs is 3. The van der Waals surface area contributed by atoms with E-state index in [0.717, 1.165) is 5.56 Å². The van der Waals surface area contributed by atoms with Crippen LogP contribution in [0.25, 0.3) is 16.7 Å². The van der Waals surface area contributed by atoms with Gasteiger partial charge in [-0.1, -0.05) is 60.3 Å². The van der Waals surface area contributed by atoms with Crippen molar-refractivity contribution in [1.82, 2.24) is 24.1 Å². The lowest BCUT2D eigenvalue weighted by Crippen LogP contribution is -2.32. The Morgan fingerprint density at radius 3 is 2.61 bits per heavy atom. The molecule has 7 nitrogen and oxygen atoms in total. The molecule has 0 aliphatic rings. The van der Waals surface area contributed by atoms with Crippen LogP contribution in [0.2, 0.25) is 0 Å². The first kappa shape index (κ1) is 20.9. The van der Waals surface area contributed by atoms with Gasteiger partial charge in [0.05, 0.1) is 16.2 Å². The molecular weight excluding hydrogens is 410 g/mol. The van der Waals surface area contributed by atoms with Gasteiger partial charge in [0.2, 0.25) is 11.7 Å². The fraction of sp³-hybridized carbons (Fsp3) is 0.217. The maximum absolute atomic E-state index is 13.0. The Labute approximate surface area is 184 Å². The lowest BCUT2D eigenvalue weighted by atomic mass is 10.2. The Hall–Kier alpha value is -3.39. The molecule has 0 spiro atoms. The minimum atomic E-state index is -0.375. The van der Waals surface area contributed by atoms with Crippen molar-refractivity contribution in [3.63, 3.8) is 0 Å². The Bertz CT molecular complexity index is 1310. The number of hydrogen-bond donors (Lipinski definition) is 0.